The predicted molar refractivity (Wildman–Crippen MR) is 59.1 cm³/mol. The minimum atomic E-state index is 0.416. The Bertz CT molecular complexity index is 260. The summed E-state index contributed by atoms with van der Waals surface area (Å²) >= 11 is 1.70. The number of hydrogen-bond acceptors (Lipinski definition) is 4. The summed E-state index contributed by atoms with van der Waals surface area (Å²) in [5.74, 6) is 0.676. The first-order chi connectivity index (χ1) is 6.86. The summed E-state index contributed by atoms with van der Waals surface area (Å²) in [5.41, 5.74) is 5.99. The number of aromatic nitrogens is 1. The van der Waals surface area contributed by atoms with Crippen molar-refractivity contribution < 1.29 is 0 Å². The number of thiazole rings is 1. The second-order valence-corrected chi connectivity index (χ2v) is 4.89. The Hall–Kier alpha value is -0.450. The van der Waals surface area contributed by atoms with Crippen molar-refractivity contribution in [2.45, 2.75) is 31.8 Å². The predicted octanol–water partition coefficient (Wildman–Crippen LogP) is 1.36. The minimum absolute atomic E-state index is 0.416. The van der Waals surface area contributed by atoms with Crippen molar-refractivity contribution in [2.75, 3.05) is 6.54 Å². The lowest BCUT2D eigenvalue weighted by atomic mass is 10.1. The van der Waals surface area contributed by atoms with E-state index in [0.29, 0.717) is 12.0 Å². The monoisotopic (exact) mass is 211 g/mol. The van der Waals surface area contributed by atoms with Gasteiger partial charge in [0, 0.05) is 24.2 Å². The highest BCUT2D eigenvalue weighted by atomic mass is 32.1. The van der Waals surface area contributed by atoms with Gasteiger partial charge in [0.2, 0.25) is 0 Å². The van der Waals surface area contributed by atoms with Crippen molar-refractivity contribution in [2.24, 2.45) is 11.7 Å². The highest BCUT2D eigenvalue weighted by Crippen LogP contribution is 2.23. The largest absolute Gasteiger partial charge is 0.327 e. The molecule has 0 saturated heterocycles. The Morgan fingerprint density at radius 1 is 1.57 bits per heavy atom. The van der Waals surface area contributed by atoms with Crippen LogP contribution in [-0.4, -0.2) is 17.6 Å². The van der Waals surface area contributed by atoms with E-state index < -0.39 is 0 Å². The van der Waals surface area contributed by atoms with Crippen LogP contribution in [0, 0.1) is 5.92 Å². The molecule has 0 bridgehead atoms. The van der Waals surface area contributed by atoms with Crippen molar-refractivity contribution in [1.29, 1.82) is 0 Å². The fraction of sp³-hybridized carbons (Fsp3) is 0.700. The number of rotatable bonds is 4. The molecule has 2 unspecified atom stereocenters. The van der Waals surface area contributed by atoms with Crippen molar-refractivity contribution >= 4 is 11.3 Å². The third-order valence-electron chi connectivity index (χ3n) is 2.88. The molecular weight excluding hydrogens is 194 g/mol. The molecule has 4 heteroatoms. The average Bonchev–Trinajstić information content (AvgIpc) is 2.78. The van der Waals surface area contributed by atoms with E-state index in [1.165, 1.54) is 19.3 Å². The van der Waals surface area contributed by atoms with Crippen LogP contribution in [0.4, 0.5) is 0 Å². The smallest absolute Gasteiger partial charge is 0.106 e. The van der Waals surface area contributed by atoms with Crippen LogP contribution in [0.1, 0.15) is 24.3 Å². The zero-order valence-electron chi connectivity index (χ0n) is 8.28. The molecule has 1 aliphatic rings. The lowest BCUT2D eigenvalue weighted by Gasteiger charge is -2.15. The molecule has 1 aromatic rings. The van der Waals surface area contributed by atoms with Crippen LogP contribution < -0.4 is 11.1 Å². The standard InChI is InChI=1S/C10H17N3S/c11-9-3-1-2-8(9)6-12-7-10-13-4-5-14-10/h4-5,8-9,12H,1-3,6-7,11H2. The van der Waals surface area contributed by atoms with Crippen LogP contribution in [0.3, 0.4) is 0 Å². The third-order valence-corrected chi connectivity index (χ3v) is 3.66. The quantitative estimate of drug-likeness (QED) is 0.790. The van der Waals surface area contributed by atoms with Crippen molar-refractivity contribution in [3.05, 3.63) is 16.6 Å². The van der Waals surface area contributed by atoms with Gasteiger partial charge in [-0.05, 0) is 25.3 Å². The SMILES string of the molecule is NC1CCCC1CNCc1nccs1. The van der Waals surface area contributed by atoms with E-state index in [-0.39, 0.29) is 0 Å². The number of hydrogen-bond donors (Lipinski definition) is 2. The van der Waals surface area contributed by atoms with E-state index in [0.717, 1.165) is 18.1 Å². The molecule has 0 aliphatic heterocycles. The van der Waals surface area contributed by atoms with Gasteiger partial charge < -0.3 is 11.1 Å². The molecule has 1 heterocycles. The molecule has 1 aromatic heterocycles. The molecule has 1 aliphatic carbocycles. The van der Waals surface area contributed by atoms with Crippen molar-refractivity contribution in [1.82, 2.24) is 10.3 Å². The fourth-order valence-electron chi connectivity index (χ4n) is 2.02. The van der Waals surface area contributed by atoms with Crippen LogP contribution >= 0.6 is 11.3 Å². The maximum absolute atomic E-state index is 5.99. The van der Waals surface area contributed by atoms with Gasteiger partial charge in [-0.25, -0.2) is 4.98 Å². The molecule has 1 saturated carbocycles. The summed E-state index contributed by atoms with van der Waals surface area (Å²) in [6.45, 7) is 1.93. The van der Waals surface area contributed by atoms with Gasteiger partial charge >= 0.3 is 0 Å². The Labute approximate surface area is 88.7 Å². The molecule has 0 spiro atoms. The number of nitrogens with two attached hydrogens (primary N) is 1. The van der Waals surface area contributed by atoms with Gasteiger partial charge in [0.05, 0.1) is 0 Å². The highest BCUT2D eigenvalue weighted by molar-refractivity contribution is 7.09. The Balaban J connectivity index is 1.68. The van der Waals surface area contributed by atoms with E-state index >= 15 is 0 Å². The number of nitrogens with one attached hydrogen (secondary N) is 1. The normalized spacial score (nSPS) is 26.9. The number of nitrogens with zero attached hydrogens (tertiary/aromatic N) is 1. The van der Waals surface area contributed by atoms with Gasteiger partial charge in [-0.15, -0.1) is 11.3 Å². The van der Waals surface area contributed by atoms with E-state index in [1.807, 2.05) is 11.6 Å². The third kappa shape index (κ3) is 2.53. The molecule has 3 nitrogen and oxygen atoms in total. The van der Waals surface area contributed by atoms with Gasteiger partial charge in [0.15, 0.2) is 0 Å². The van der Waals surface area contributed by atoms with Gasteiger partial charge in [-0.3, -0.25) is 0 Å². The first-order valence-corrected chi connectivity index (χ1v) is 6.09. The van der Waals surface area contributed by atoms with Crippen molar-refractivity contribution in [3.8, 4) is 0 Å². The highest BCUT2D eigenvalue weighted by Gasteiger charge is 2.22. The maximum Gasteiger partial charge on any atom is 0.106 e. The van der Waals surface area contributed by atoms with E-state index in [9.17, 15) is 0 Å². The lowest BCUT2D eigenvalue weighted by molar-refractivity contribution is 0.441. The molecule has 0 amide bonds. The summed E-state index contributed by atoms with van der Waals surface area (Å²) in [7, 11) is 0. The van der Waals surface area contributed by atoms with E-state index in [2.05, 4.69) is 10.3 Å². The van der Waals surface area contributed by atoms with Crippen LogP contribution in [0.5, 0.6) is 0 Å². The molecular formula is C10H17N3S. The Morgan fingerprint density at radius 3 is 3.14 bits per heavy atom. The molecule has 2 rings (SSSR count). The van der Waals surface area contributed by atoms with Crippen molar-refractivity contribution in [3.63, 3.8) is 0 Å². The fourth-order valence-corrected chi connectivity index (χ4v) is 2.61. The average molecular weight is 211 g/mol. The molecule has 14 heavy (non-hydrogen) atoms. The molecule has 3 N–H and O–H groups in total. The molecule has 78 valence electrons. The molecule has 0 radical (unpaired) electrons. The van der Waals surface area contributed by atoms with Gasteiger partial charge in [0.1, 0.15) is 5.01 Å². The second-order valence-electron chi connectivity index (χ2n) is 3.91. The lowest BCUT2D eigenvalue weighted by Crippen LogP contribution is -2.32. The topological polar surface area (TPSA) is 50.9 Å². The molecule has 1 fully saturated rings. The van der Waals surface area contributed by atoms with E-state index in [1.54, 1.807) is 11.3 Å². The molecule has 2 atom stereocenters. The first-order valence-electron chi connectivity index (χ1n) is 5.21. The van der Waals surface area contributed by atoms with Crippen LogP contribution in [0.15, 0.2) is 11.6 Å². The summed E-state index contributed by atoms with van der Waals surface area (Å²) < 4.78 is 0. The summed E-state index contributed by atoms with van der Waals surface area (Å²) in [5, 5.41) is 6.60. The summed E-state index contributed by atoms with van der Waals surface area (Å²) in [4.78, 5) is 4.22. The van der Waals surface area contributed by atoms with Gasteiger partial charge in [-0.1, -0.05) is 6.42 Å². The zero-order valence-corrected chi connectivity index (χ0v) is 9.09. The second kappa shape index (κ2) is 4.87. The van der Waals surface area contributed by atoms with Crippen LogP contribution in [0.2, 0.25) is 0 Å². The summed E-state index contributed by atoms with van der Waals surface area (Å²) in [6.07, 6.45) is 5.63. The maximum atomic E-state index is 5.99. The first kappa shape index (κ1) is 10.1. The van der Waals surface area contributed by atoms with Gasteiger partial charge in [-0.2, -0.15) is 0 Å². The molecule has 0 aromatic carbocycles. The van der Waals surface area contributed by atoms with Gasteiger partial charge in [0.25, 0.3) is 0 Å². The van der Waals surface area contributed by atoms with Crippen LogP contribution in [0.25, 0.3) is 0 Å². The Kier molecular flexibility index (Phi) is 3.50. The zero-order chi connectivity index (χ0) is 9.80. The minimum Gasteiger partial charge on any atom is -0.327 e. The Morgan fingerprint density at radius 2 is 2.50 bits per heavy atom. The summed E-state index contributed by atoms with van der Waals surface area (Å²) in [6, 6.07) is 0.416. The van der Waals surface area contributed by atoms with E-state index in [4.69, 9.17) is 5.73 Å². The van der Waals surface area contributed by atoms with Crippen LogP contribution in [-0.2, 0) is 6.54 Å².